The first-order valence-corrected chi connectivity index (χ1v) is 10.2. The quantitative estimate of drug-likeness (QED) is 0.841. The Morgan fingerprint density at radius 3 is 2.88 bits per heavy atom. The third-order valence-electron chi connectivity index (χ3n) is 7.43. The predicted molar refractivity (Wildman–Crippen MR) is 97.7 cm³/mol. The Kier molecular flexibility index (Phi) is 3.62. The van der Waals surface area contributed by atoms with Gasteiger partial charge in [0.1, 0.15) is 5.78 Å². The van der Waals surface area contributed by atoms with Crippen LogP contribution in [0.4, 0.5) is 0 Å². The number of ether oxygens (including phenoxy) is 1. The number of Topliss-reactive ketones (excluding diaryl/α,β-unsaturated/α-hetero) is 1. The van der Waals surface area contributed by atoms with E-state index in [0.717, 1.165) is 38.3 Å². The minimum absolute atomic E-state index is 0.0993. The Labute approximate surface area is 150 Å². The number of benzene rings is 1. The van der Waals surface area contributed by atoms with Crippen LogP contribution < -0.4 is 0 Å². The third-order valence-corrected chi connectivity index (χ3v) is 7.43. The highest BCUT2D eigenvalue weighted by Gasteiger charge is 2.66. The molecule has 3 aliphatic carbocycles. The van der Waals surface area contributed by atoms with Gasteiger partial charge >= 0.3 is 0 Å². The number of likely N-dealkylation sites (tertiary alicyclic amines) is 1. The lowest BCUT2D eigenvalue weighted by molar-refractivity contribution is -0.198. The molecule has 1 saturated heterocycles. The van der Waals surface area contributed by atoms with E-state index in [2.05, 4.69) is 36.1 Å². The van der Waals surface area contributed by atoms with Crippen molar-refractivity contribution in [2.75, 3.05) is 19.7 Å². The van der Waals surface area contributed by atoms with Crippen LogP contribution in [0.2, 0.25) is 0 Å². The Balaban J connectivity index is 1.66. The van der Waals surface area contributed by atoms with Crippen molar-refractivity contribution in [3.05, 3.63) is 35.4 Å². The van der Waals surface area contributed by atoms with E-state index in [1.54, 1.807) is 0 Å². The van der Waals surface area contributed by atoms with E-state index in [-0.39, 0.29) is 11.0 Å². The molecule has 1 aromatic carbocycles. The SMILES string of the molecule is CCOC12CCC(=O)C[C@@]13CCN(CC1CC1)[C@@H]2Cc1ccccc13. The van der Waals surface area contributed by atoms with Crippen molar-refractivity contribution < 1.29 is 9.53 Å². The van der Waals surface area contributed by atoms with Crippen molar-refractivity contribution in [2.45, 2.75) is 68.9 Å². The molecule has 1 aliphatic heterocycles. The molecule has 0 spiro atoms. The van der Waals surface area contributed by atoms with Crippen LogP contribution in [-0.4, -0.2) is 42.0 Å². The largest absolute Gasteiger partial charge is 0.373 e. The maximum absolute atomic E-state index is 12.6. The van der Waals surface area contributed by atoms with Crippen LogP contribution in [0.1, 0.15) is 56.6 Å². The first-order chi connectivity index (χ1) is 12.2. The highest BCUT2D eigenvalue weighted by Crippen LogP contribution is 2.59. The number of rotatable bonds is 4. The number of hydrogen-bond donors (Lipinski definition) is 0. The van der Waals surface area contributed by atoms with Crippen LogP contribution in [0.5, 0.6) is 0 Å². The number of fused-ring (bicyclic) bond motifs is 1. The lowest BCUT2D eigenvalue weighted by Gasteiger charge is -2.65. The highest BCUT2D eigenvalue weighted by molar-refractivity contribution is 5.82. The molecule has 134 valence electrons. The molecule has 0 aromatic heterocycles. The van der Waals surface area contributed by atoms with Gasteiger partial charge in [-0.25, -0.2) is 0 Å². The number of ketones is 1. The summed E-state index contributed by atoms with van der Waals surface area (Å²) < 4.78 is 6.68. The molecule has 5 rings (SSSR count). The molecular weight excluding hydrogens is 310 g/mol. The number of piperidine rings is 1. The normalized spacial score (nSPS) is 37.5. The van der Waals surface area contributed by atoms with Crippen molar-refractivity contribution in [1.29, 1.82) is 0 Å². The summed E-state index contributed by atoms with van der Waals surface area (Å²) in [5.74, 6) is 1.33. The Morgan fingerprint density at radius 2 is 2.08 bits per heavy atom. The molecule has 1 unspecified atom stereocenters. The van der Waals surface area contributed by atoms with E-state index in [9.17, 15) is 4.79 Å². The van der Waals surface area contributed by atoms with E-state index in [1.807, 2.05) is 0 Å². The van der Waals surface area contributed by atoms with Gasteiger partial charge in [-0.2, -0.15) is 0 Å². The fraction of sp³-hybridized carbons (Fsp3) is 0.682. The average Bonchev–Trinajstić information content (AvgIpc) is 3.42. The smallest absolute Gasteiger partial charge is 0.134 e. The van der Waals surface area contributed by atoms with Crippen LogP contribution in [0.15, 0.2) is 24.3 Å². The molecule has 1 heterocycles. The van der Waals surface area contributed by atoms with E-state index in [1.165, 1.54) is 30.5 Å². The van der Waals surface area contributed by atoms with Crippen molar-refractivity contribution in [3.63, 3.8) is 0 Å². The van der Waals surface area contributed by atoms with Gasteiger partial charge in [0.05, 0.1) is 5.60 Å². The van der Waals surface area contributed by atoms with Gasteiger partial charge in [-0.05, 0) is 62.6 Å². The first-order valence-electron chi connectivity index (χ1n) is 10.2. The molecule has 0 N–H and O–H groups in total. The summed E-state index contributed by atoms with van der Waals surface area (Å²) in [5, 5.41) is 0. The summed E-state index contributed by atoms with van der Waals surface area (Å²) in [6, 6.07) is 9.33. The van der Waals surface area contributed by atoms with Gasteiger partial charge in [-0.1, -0.05) is 24.3 Å². The lowest BCUT2D eigenvalue weighted by atomic mass is 9.49. The van der Waals surface area contributed by atoms with Gasteiger partial charge in [-0.3, -0.25) is 9.69 Å². The molecule has 2 bridgehead atoms. The molecule has 0 radical (unpaired) electrons. The standard InChI is InChI=1S/C22H29NO2/c1-2-25-22-10-9-18(24)14-21(22)11-12-23(15-16-7-8-16)20(22)13-17-5-3-4-6-19(17)21/h3-6,16,20H,2,7-15H2,1H3/t20-,21-,22?/m1/s1. The highest BCUT2D eigenvalue weighted by atomic mass is 16.5. The van der Waals surface area contributed by atoms with Crippen LogP contribution in [0, 0.1) is 5.92 Å². The fourth-order valence-corrected chi connectivity index (χ4v) is 6.25. The molecule has 4 aliphatic rings. The molecule has 25 heavy (non-hydrogen) atoms. The maximum atomic E-state index is 12.6. The van der Waals surface area contributed by atoms with Crippen LogP contribution in [0.25, 0.3) is 0 Å². The summed E-state index contributed by atoms with van der Waals surface area (Å²) in [5.41, 5.74) is 2.60. The molecule has 0 amide bonds. The molecular formula is C22H29NO2. The predicted octanol–water partition coefficient (Wildman–Crippen LogP) is 3.49. The lowest BCUT2D eigenvalue weighted by Crippen LogP contribution is -2.74. The van der Waals surface area contributed by atoms with Crippen molar-refractivity contribution >= 4 is 5.78 Å². The molecule has 3 nitrogen and oxygen atoms in total. The second kappa shape index (κ2) is 5.65. The van der Waals surface area contributed by atoms with E-state index in [4.69, 9.17) is 4.74 Å². The molecule has 3 fully saturated rings. The minimum Gasteiger partial charge on any atom is -0.373 e. The fourth-order valence-electron chi connectivity index (χ4n) is 6.25. The molecule has 3 heteroatoms. The molecule has 2 saturated carbocycles. The van der Waals surface area contributed by atoms with Crippen molar-refractivity contribution in [1.82, 2.24) is 4.90 Å². The zero-order valence-corrected chi connectivity index (χ0v) is 15.3. The maximum Gasteiger partial charge on any atom is 0.134 e. The molecule has 1 aromatic rings. The summed E-state index contributed by atoms with van der Waals surface area (Å²) in [6.45, 7) is 5.22. The Morgan fingerprint density at radius 1 is 1.24 bits per heavy atom. The van der Waals surface area contributed by atoms with Crippen molar-refractivity contribution in [3.8, 4) is 0 Å². The average molecular weight is 339 g/mol. The van der Waals surface area contributed by atoms with Crippen LogP contribution >= 0.6 is 0 Å². The van der Waals surface area contributed by atoms with E-state index in [0.29, 0.717) is 24.7 Å². The second-order valence-electron chi connectivity index (χ2n) is 8.69. The van der Waals surface area contributed by atoms with Gasteiger partial charge in [0.25, 0.3) is 0 Å². The van der Waals surface area contributed by atoms with Gasteiger partial charge < -0.3 is 4.74 Å². The topological polar surface area (TPSA) is 29.5 Å². The van der Waals surface area contributed by atoms with Crippen LogP contribution in [0.3, 0.4) is 0 Å². The minimum atomic E-state index is -0.169. The number of carbonyl (C=O) groups is 1. The van der Waals surface area contributed by atoms with E-state index >= 15 is 0 Å². The van der Waals surface area contributed by atoms with Crippen LogP contribution in [-0.2, 0) is 21.4 Å². The van der Waals surface area contributed by atoms with E-state index < -0.39 is 0 Å². The summed E-state index contributed by atoms with van der Waals surface area (Å²) in [4.78, 5) is 15.3. The van der Waals surface area contributed by atoms with Gasteiger partial charge in [0.15, 0.2) is 0 Å². The van der Waals surface area contributed by atoms with Crippen molar-refractivity contribution in [2.24, 2.45) is 5.92 Å². The number of nitrogens with zero attached hydrogens (tertiary/aromatic N) is 1. The monoisotopic (exact) mass is 339 g/mol. The first kappa shape index (κ1) is 16.0. The van der Waals surface area contributed by atoms with Gasteiger partial charge in [0, 0.05) is 37.5 Å². The van der Waals surface area contributed by atoms with Gasteiger partial charge in [-0.15, -0.1) is 0 Å². The second-order valence-corrected chi connectivity index (χ2v) is 8.69. The zero-order valence-electron chi connectivity index (χ0n) is 15.3. The summed E-state index contributed by atoms with van der Waals surface area (Å²) in [6.07, 6.45) is 7.21. The number of hydrogen-bond acceptors (Lipinski definition) is 3. The molecule has 3 atom stereocenters. The summed E-state index contributed by atoms with van der Waals surface area (Å²) >= 11 is 0. The zero-order chi connectivity index (χ0) is 17.1. The Bertz CT molecular complexity index is 697. The Hall–Kier alpha value is -1.19. The summed E-state index contributed by atoms with van der Waals surface area (Å²) in [7, 11) is 0. The third kappa shape index (κ3) is 2.21. The van der Waals surface area contributed by atoms with Gasteiger partial charge in [0.2, 0.25) is 0 Å². The number of carbonyl (C=O) groups excluding carboxylic acids is 1.